The van der Waals surface area contributed by atoms with Gasteiger partial charge >= 0.3 is 6.18 Å². The van der Waals surface area contributed by atoms with Gasteiger partial charge in [-0.2, -0.15) is 23.3 Å². The average molecular weight is 372 g/mol. The molecule has 132 valence electrons. The van der Waals surface area contributed by atoms with Gasteiger partial charge in [0.05, 0.1) is 33.7 Å². The molecule has 1 aromatic heterocycles. The van der Waals surface area contributed by atoms with E-state index < -0.39 is 23.6 Å². The zero-order valence-corrected chi connectivity index (χ0v) is 13.5. The summed E-state index contributed by atoms with van der Waals surface area (Å²) in [6.45, 7) is 0. The number of aliphatic imine (C=N–C) groups is 1. The number of alkyl halides is 3. The predicted octanol–water partition coefficient (Wildman–Crippen LogP) is 2.84. The molecule has 1 aromatic carbocycles. The topological polar surface area (TPSA) is 99.3 Å². The number of benzene rings is 1. The van der Waals surface area contributed by atoms with Crippen molar-refractivity contribution < 1.29 is 18.0 Å². The van der Waals surface area contributed by atoms with Crippen LogP contribution in [0.4, 0.5) is 13.2 Å². The van der Waals surface area contributed by atoms with E-state index in [1.807, 2.05) is 0 Å². The fourth-order valence-corrected chi connectivity index (χ4v) is 2.84. The number of carbonyl (C=O) groups excluding carboxylic acids is 1. The van der Waals surface area contributed by atoms with E-state index in [9.17, 15) is 18.0 Å². The normalized spacial score (nSPS) is 14.4. The van der Waals surface area contributed by atoms with Crippen molar-refractivity contribution >= 4 is 23.5 Å². The minimum atomic E-state index is -4.63. The van der Waals surface area contributed by atoms with E-state index in [1.54, 1.807) is 0 Å². The molecule has 2 aromatic rings. The van der Waals surface area contributed by atoms with Crippen LogP contribution in [-0.2, 0) is 6.18 Å². The lowest BCUT2D eigenvalue weighted by Gasteiger charge is -2.16. The maximum Gasteiger partial charge on any atom is 0.418 e. The van der Waals surface area contributed by atoms with E-state index in [0.29, 0.717) is 5.69 Å². The molecular weight excluding hydrogens is 359 g/mol. The number of nitrogens with zero attached hydrogens (tertiary/aromatic N) is 3. The smallest absolute Gasteiger partial charge is 0.370 e. The molecule has 0 bridgehead atoms. The number of halogens is 4. The summed E-state index contributed by atoms with van der Waals surface area (Å²) in [5.74, 6) is -1.30. The maximum atomic E-state index is 13.4. The average Bonchev–Trinajstić information content (AvgIpc) is 3.24. The summed E-state index contributed by atoms with van der Waals surface area (Å²) in [7, 11) is 0. The SMILES string of the molecule is NC(N)=NC(=O)c1cnn(-c2c(Cl)cccc2C(F)(F)F)c1C1CC1. The third kappa shape index (κ3) is 3.32. The third-order valence-electron chi connectivity index (χ3n) is 3.74. The molecular formula is C15H13ClF3N5O. The molecule has 0 atom stereocenters. The number of rotatable bonds is 3. The highest BCUT2D eigenvalue weighted by atomic mass is 35.5. The van der Waals surface area contributed by atoms with Crippen LogP contribution in [-0.4, -0.2) is 21.6 Å². The lowest BCUT2D eigenvalue weighted by Crippen LogP contribution is -2.24. The van der Waals surface area contributed by atoms with Crippen molar-refractivity contribution in [3.63, 3.8) is 0 Å². The van der Waals surface area contributed by atoms with Gasteiger partial charge in [0.15, 0.2) is 5.96 Å². The zero-order chi connectivity index (χ0) is 18.4. The number of nitrogens with two attached hydrogens (primary N) is 2. The quantitative estimate of drug-likeness (QED) is 0.640. The van der Waals surface area contributed by atoms with Gasteiger partial charge < -0.3 is 11.5 Å². The first kappa shape index (κ1) is 17.3. The summed E-state index contributed by atoms with van der Waals surface area (Å²) in [6, 6.07) is 3.46. The fourth-order valence-electron chi connectivity index (χ4n) is 2.59. The molecule has 1 amide bonds. The first-order valence-corrected chi connectivity index (χ1v) is 7.66. The Balaban J connectivity index is 2.22. The van der Waals surface area contributed by atoms with Crippen LogP contribution >= 0.6 is 11.6 Å². The maximum absolute atomic E-state index is 13.4. The lowest BCUT2D eigenvalue weighted by atomic mass is 10.1. The van der Waals surface area contributed by atoms with Crippen LogP contribution in [0, 0.1) is 0 Å². The van der Waals surface area contributed by atoms with Gasteiger partial charge in [0.2, 0.25) is 0 Å². The van der Waals surface area contributed by atoms with Crippen molar-refractivity contribution in [3.05, 3.63) is 46.2 Å². The molecule has 1 saturated carbocycles. The van der Waals surface area contributed by atoms with Crippen LogP contribution in [0.5, 0.6) is 0 Å². The first-order valence-electron chi connectivity index (χ1n) is 7.28. The summed E-state index contributed by atoms with van der Waals surface area (Å²) >= 11 is 6.03. The molecule has 1 aliphatic rings. The molecule has 10 heteroatoms. The molecule has 1 aliphatic carbocycles. The van der Waals surface area contributed by atoms with Crippen LogP contribution in [0.25, 0.3) is 5.69 Å². The summed E-state index contributed by atoms with van der Waals surface area (Å²) in [4.78, 5) is 15.6. The molecule has 4 N–H and O–H groups in total. The van der Waals surface area contributed by atoms with Gasteiger partial charge in [-0.15, -0.1) is 0 Å². The highest BCUT2D eigenvalue weighted by molar-refractivity contribution is 6.32. The van der Waals surface area contributed by atoms with Crippen molar-refractivity contribution in [2.24, 2.45) is 16.5 Å². The van der Waals surface area contributed by atoms with E-state index in [1.165, 1.54) is 12.1 Å². The zero-order valence-electron chi connectivity index (χ0n) is 12.7. The molecule has 25 heavy (non-hydrogen) atoms. The van der Waals surface area contributed by atoms with Gasteiger partial charge in [-0.1, -0.05) is 17.7 Å². The van der Waals surface area contributed by atoms with E-state index in [0.717, 1.165) is 29.8 Å². The molecule has 0 radical (unpaired) electrons. The molecule has 1 fully saturated rings. The summed E-state index contributed by atoms with van der Waals surface area (Å²) in [5, 5.41) is 3.85. The minimum Gasteiger partial charge on any atom is -0.370 e. The second-order valence-electron chi connectivity index (χ2n) is 5.61. The standard InChI is InChI=1S/C15H13ClF3N5O/c16-10-3-1-2-9(15(17,18)19)12(10)24-11(7-4-5-7)8(6-22-24)13(25)23-14(20)21/h1-3,6-7H,4-5H2,(H4,20,21,23,25). The van der Waals surface area contributed by atoms with Crippen molar-refractivity contribution in [2.75, 3.05) is 0 Å². The van der Waals surface area contributed by atoms with Gasteiger partial charge in [-0.3, -0.25) is 4.79 Å². The summed E-state index contributed by atoms with van der Waals surface area (Å²) < 4.78 is 41.2. The van der Waals surface area contributed by atoms with Gasteiger partial charge in [-0.05, 0) is 25.0 Å². The van der Waals surface area contributed by atoms with Crippen LogP contribution in [0.15, 0.2) is 29.4 Å². The van der Waals surface area contributed by atoms with E-state index in [4.69, 9.17) is 23.1 Å². The molecule has 0 spiro atoms. The number of hydrogen-bond acceptors (Lipinski definition) is 2. The van der Waals surface area contributed by atoms with Gasteiger partial charge in [0.25, 0.3) is 5.91 Å². The molecule has 0 aliphatic heterocycles. The minimum absolute atomic E-state index is 0.0592. The van der Waals surface area contributed by atoms with E-state index in [-0.39, 0.29) is 22.2 Å². The summed E-state index contributed by atoms with van der Waals surface area (Å²) in [5.41, 5.74) is 9.54. The molecule has 6 nitrogen and oxygen atoms in total. The van der Waals surface area contributed by atoms with E-state index >= 15 is 0 Å². The van der Waals surface area contributed by atoms with Gasteiger partial charge in [0, 0.05) is 5.92 Å². The van der Waals surface area contributed by atoms with Crippen LogP contribution in [0.3, 0.4) is 0 Å². The second-order valence-corrected chi connectivity index (χ2v) is 6.01. The highest BCUT2D eigenvalue weighted by Gasteiger charge is 2.38. The Bertz CT molecular complexity index is 867. The van der Waals surface area contributed by atoms with Crippen molar-refractivity contribution in [2.45, 2.75) is 24.9 Å². The van der Waals surface area contributed by atoms with E-state index in [2.05, 4.69) is 10.1 Å². The highest BCUT2D eigenvalue weighted by Crippen LogP contribution is 2.45. The Kier molecular flexibility index (Phi) is 4.19. The number of amides is 1. The van der Waals surface area contributed by atoms with Crippen LogP contribution in [0.2, 0.25) is 5.02 Å². The Hall–Kier alpha value is -2.55. The molecule has 3 rings (SSSR count). The number of para-hydroxylation sites is 1. The predicted molar refractivity (Wildman–Crippen MR) is 85.7 cm³/mol. The Morgan fingerprint density at radius 2 is 2.00 bits per heavy atom. The van der Waals surface area contributed by atoms with Gasteiger partial charge in [0.1, 0.15) is 0 Å². The number of carbonyl (C=O) groups is 1. The van der Waals surface area contributed by atoms with Crippen molar-refractivity contribution in [1.29, 1.82) is 0 Å². The third-order valence-corrected chi connectivity index (χ3v) is 4.04. The largest absolute Gasteiger partial charge is 0.418 e. The van der Waals surface area contributed by atoms with Crippen LogP contribution in [0.1, 0.15) is 40.4 Å². The molecule has 0 saturated heterocycles. The van der Waals surface area contributed by atoms with Crippen molar-refractivity contribution in [1.82, 2.24) is 9.78 Å². The number of hydrogen-bond donors (Lipinski definition) is 2. The lowest BCUT2D eigenvalue weighted by molar-refractivity contribution is -0.137. The number of aromatic nitrogens is 2. The fraction of sp³-hybridized carbons (Fsp3) is 0.267. The molecule has 1 heterocycles. The Morgan fingerprint density at radius 1 is 1.32 bits per heavy atom. The molecule has 0 unspecified atom stereocenters. The Morgan fingerprint density at radius 3 is 2.56 bits per heavy atom. The number of guanidine groups is 1. The Labute approximate surface area is 145 Å². The summed E-state index contributed by atoms with van der Waals surface area (Å²) in [6.07, 6.45) is -2.03. The van der Waals surface area contributed by atoms with Crippen molar-refractivity contribution in [3.8, 4) is 5.69 Å². The first-order chi connectivity index (χ1) is 11.7. The monoisotopic (exact) mass is 371 g/mol. The van der Waals surface area contributed by atoms with Crippen LogP contribution < -0.4 is 11.5 Å². The van der Waals surface area contributed by atoms with Gasteiger partial charge in [-0.25, -0.2) is 4.68 Å². The second kappa shape index (κ2) is 6.07.